The molecule has 2 atom stereocenters. The predicted octanol–water partition coefficient (Wildman–Crippen LogP) is 2.73. The van der Waals surface area contributed by atoms with Gasteiger partial charge in [-0.15, -0.1) is 0 Å². The third kappa shape index (κ3) is 5.21. The Labute approximate surface area is 121 Å². The molecule has 0 aromatic heterocycles. The average Bonchev–Trinajstić information content (AvgIpc) is 2.37. The summed E-state index contributed by atoms with van der Waals surface area (Å²) in [6.45, 7) is 7.67. The second kappa shape index (κ2) is 7.90. The number of ether oxygens (including phenoxy) is 1. The summed E-state index contributed by atoms with van der Waals surface area (Å²) in [6, 6.07) is 5.72. The molecule has 0 heterocycles. The zero-order chi connectivity index (χ0) is 15.1. The van der Waals surface area contributed by atoms with Crippen molar-refractivity contribution in [2.75, 3.05) is 6.61 Å². The van der Waals surface area contributed by atoms with Crippen LogP contribution >= 0.6 is 0 Å². The highest BCUT2D eigenvalue weighted by molar-refractivity contribution is 5.77. The number of carbonyl (C=O) groups is 1. The number of nitrogens with one attached hydrogen (secondary N) is 1. The highest BCUT2D eigenvalue weighted by atomic mass is 16.5. The summed E-state index contributed by atoms with van der Waals surface area (Å²) in [5.74, 6) is 0.423. The fourth-order valence-corrected chi connectivity index (χ4v) is 2.09. The van der Waals surface area contributed by atoms with E-state index in [2.05, 4.69) is 12.2 Å². The van der Waals surface area contributed by atoms with E-state index < -0.39 is 6.10 Å². The zero-order valence-corrected chi connectivity index (χ0v) is 12.8. The van der Waals surface area contributed by atoms with Gasteiger partial charge >= 0.3 is 0 Å². The lowest BCUT2D eigenvalue weighted by Gasteiger charge is -2.16. The van der Waals surface area contributed by atoms with Crippen molar-refractivity contribution in [1.29, 1.82) is 0 Å². The Kier molecular flexibility index (Phi) is 6.52. The zero-order valence-electron chi connectivity index (χ0n) is 12.8. The number of aliphatic hydroxyl groups excluding tert-OH is 1. The van der Waals surface area contributed by atoms with Gasteiger partial charge in [0.25, 0.3) is 5.91 Å². The summed E-state index contributed by atoms with van der Waals surface area (Å²) in [7, 11) is 0. The van der Waals surface area contributed by atoms with Crippen LogP contribution in [-0.4, -0.2) is 23.7 Å². The first-order chi connectivity index (χ1) is 9.43. The fraction of sp³-hybridized carbons (Fsp3) is 0.562. The molecule has 0 aliphatic carbocycles. The van der Waals surface area contributed by atoms with Gasteiger partial charge < -0.3 is 15.2 Å². The van der Waals surface area contributed by atoms with E-state index in [1.807, 2.05) is 26.0 Å². The molecule has 0 aliphatic rings. The molecule has 1 rings (SSSR count). The summed E-state index contributed by atoms with van der Waals surface area (Å²) in [6.07, 6.45) is 1.37. The number of hydrogen-bond donors (Lipinski definition) is 2. The van der Waals surface area contributed by atoms with Crippen LogP contribution in [0.25, 0.3) is 0 Å². The van der Waals surface area contributed by atoms with Crippen LogP contribution in [0.15, 0.2) is 18.2 Å². The third-order valence-electron chi connectivity index (χ3n) is 3.10. The molecule has 0 bridgehead atoms. The van der Waals surface area contributed by atoms with Gasteiger partial charge in [-0.2, -0.15) is 0 Å². The van der Waals surface area contributed by atoms with E-state index in [-0.39, 0.29) is 18.6 Å². The maximum absolute atomic E-state index is 11.8. The van der Waals surface area contributed by atoms with Crippen molar-refractivity contribution >= 4 is 5.91 Å². The molecule has 1 unspecified atom stereocenters. The topological polar surface area (TPSA) is 58.6 Å². The van der Waals surface area contributed by atoms with Crippen molar-refractivity contribution in [3.05, 3.63) is 29.3 Å². The molecule has 1 aromatic rings. The van der Waals surface area contributed by atoms with Gasteiger partial charge in [0.1, 0.15) is 5.75 Å². The number of benzene rings is 1. The first kappa shape index (κ1) is 16.5. The Morgan fingerprint density at radius 3 is 2.70 bits per heavy atom. The van der Waals surface area contributed by atoms with Gasteiger partial charge in [-0.05, 0) is 39.3 Å². The molecule has 0 saturated heterocycles. The molecule has 112 valence electrons. The summed E-state index contributed by atoms with van der Waals surface area (Å²) in [4.78, 5) is 11.8. The van der Waals surface area contributed by atoms with Crippen LogP contribution in [0.1, 0.15) is 50.8 Å². The largest absolute Gasteiger partial charge is 0.483 e. The van der Waals surface area contributed by atoms with Crippen molar-refractivity contribution < 1.29 is 14.6 Å². The van der Waals surface area contributed by atoms with Crippen molar-refractivity contribution in [3.63, 3.8) is 0 Å². The fourth-order valence-electron chi connectivity index (χ4n) is 2.09. The standard InChI is InChI=1S/C16H25NO3/c1-5-6-12(3)17-16(19)10-20-15-8-7-11(2)9-14(15)13(4)18/h7-9,12-13,18H,5-6,10H2,1-4H3,(H,17,19)/t12?,13-/m0/s1. The lowest BCUT2D eigenvalue weighted by Crippen LogP contribution is -2.36. The Balaban J connectivity index is 2.59. The van der Waals surface area contributed by atoms with E-state index in [0.29, 0.717) is 11.3 Å². The number of hydrogen-bond acceptors (Lipinski definition) is 3. The van der Waals surface area contributed by atoms with Gasteiger partial charge in [0.15, 0.2) is 6.61 Å². The highest BCUT2D eigenvalue weighted by Gasteiger charge is 2.12. The summed E-state index contributed by atoms with van der Waals surface area (Å²) < 4.78 is 5.52. The van der Waals surface area contributed by atoms with Crippen LogP contribution in [0.3, 0.4) is 0 Å². The molecule has 1 aromatic carbocycles. The Morgan fingerprint density at radius 1 is 1.40 bits per heavy atom. The molecule has 0 aliphatic heterocycles. The quantitative estimate of drug-likeness (QED) is 0.807. The van der Waals surface area contributed by atoms with Crippen molar-refractivity contribution in [1.82, 2.24) is 5.32 Å². The van der Waals surface area contributed by atoms with E-state index in [0.717, 1.165) is 18.4 Å². The molecule has 20 heavy (non-hydrogen) atoms. The van der Waals surface area contributed by atoms with Crippen LogP contribution in [0.4, 0.5) is 0 Å². The summed E-state index contributed by atoms with van der Waals surface area (Å²) in [5.41, 5.74) is 1.76. The number of aryl methyl sites for hydroxylation is 1. The number of aliphatic hydroxyl groups is 1. The van der Waals surface area contributed by atoms with E-state index >= 15 is 0 Å². The van der Waals surface area contributed by atoms with Crippen LogP contribution in [0, 0.1) is 6.92 Å². The average molecular weight is 279 g/mol. The molecular weight excluding hydrogens is 254 g/mol. The third-order valence-corrected chi connectivity index (χ3v) is 3.10. The van der Waals surface area contributed by atoms with Crippen LogP contribution in [0.2, 0.25) is 0 Å². The van der Waals surface area contributed by atoms with E-state index in [1.165, 1.54) is 0 Å². The van der Waals surface area contributed by atoms with Crippen molar-refractivity contribution in [2.24, 2.45) is 0 Å². The van der Waals surface area contributed by atoms with E-state index in [9.17, 15) is 9.90 Å². The van der Waals surface area contributed by atoms with Crippen LogP contribution in [0.5, 0.6) is 5.75 Å². The molecule has 0 radical (unpaired) electrons. The normalized spacial score (nSPS) is 13.7. The maximum Gasteiger partial charge on any atom is 0.258 e. The first-order valence-electron chi connectivity index (χ1n) is 7.14. The number of carbonyl (C=O) groups excluding carboxylic acids is 1. The van der Waals surface area contributed by atoms with Gasteiger partial charge in [-0.3, -0.25) is 4.79 Å². The molecule has 0 saturated carbocycles. The SMILES string of the molecule is CCCC(C)NC(=O)COc1ccc(C)cc1[C@H](C)O. The molecule has 4 heteroatoms. The smallest absolute Gasteiger partial charge is 0.258 e. The molecule has 1 amide bonds. The van der Waals surface area contributed by atoms with Gasteiger partial charge in [-0.1, -0.05) is 25.0 Å². The Morgan fingerprint density at radius 2 is 2.10 bits per heavy atom. The highest BCUT2D eigenvalue weighted by Crippen LogP contribution is 2.26. The minimum atomic E-state index is -0.619. The van der Waals surface area contributed by atoms with Gasteiger partial charge in [0.2, 0.25) is 0 Å². The maximum atomic E-state index is 11.8. The number of rotatable bonds is 7. The molecule has 2 N–H and O–H groups in total. The monoisotopic (exact) mass is 279 g/mol. The first-order valence-corrected chi connectivity index (χ1v) is 7.14. The minimum Gasteiger partial charge on any atom is -0.483 e. The van der Waals surface area contributed by atoms with Crippen LogP contribution in [-0.2, 0) is 4.79 Å². The van der Waals surface area contributed by atoms with E-state index in [1.54, 1.807) is 13.0 Å². The second-order valence-corrected chi connectivity index (χ2v) is 5.26. The predicted molar refractivity (Wildman–Crippen MR) is 79.8 cm³/mol. The summed E-state index contributed by atoms with van der Waals surface area (Å²) >= 11 is 0. The molecule has 4 nitrogen and oxygen atoms in total. The molecule has 0 fully saturated rings. The van der Waals surface area contributed by atoms with Crippen molar-refractivity contribution in [2.45, 2.75) is 52.7 Å². The lowest BCUT2D eigenvalue weighted by atomic mass is 10.1. The Hall–Kier alpha value is -1.55. The van der Waals surface area contributed by atoms with Crippen molar-refractivity contribution in [3.8, 4) is 5.75 Å². The minimum absolute atomic E-state index is 0.0309. The van der Waals surface area contributed by atoms with Gasteiger partial charge in [0, 0.05) is 11.6 Å². The van der Waals surface area contributed by atoms with E-state index in [4.69, 9.17) is 4.74 Å². The lowest BCUT2D eigenvalue weighted by molar-refractivity contribution is -0.123. The Bertz CT molecular complexity index is 443. The second-order valence-electron chi connectivity index (χ2n) is 5.26. The molecule has 0 spiro atoms. The van der Waals surface area contributed by atoms with Crippen LogP contribution < -0.4 is 10.1 Å². The van der Waals surface area contributed by atoms with Gasteiger partial charge in [0.05, 0.1) is 6.10 Å². The molecular formula is C16H25NO3. The van der Waals surface area contributed by atoms with Gasteiger partial charge in [-0.25, -0.2) is 0 Å². The number of amides is 1. The summed E-state index contributed by atoms with van der Waals surface area (Å²) in [5, 5.41) is 12.6.